The number of sulfonamides is 1. The van der Waals surface area contributed by atoms with Crippen LogP contribution in [0.3, 0.4) is 0 Å². The number of ether oxygens (including phenoxy) is 1. The molecule has 0 radical (unpaired) electrons. The van der Waals surface area contributed by atoms with Gasteiger partial charge < -0.3 is 10.1 Å². The topological polar surface area (TPSA) is 153 Å². The Morgan fingerprint density at radius 1 is 0.843 bits per heavy atom. The van der Waals surface area contributed by atoms with E-state index in [1.807, 2.05) is 36.4 Å². The van der Waals surface area contributed by atoms with E-state index in [1.165, 1.54) is 12.1 Å². The molecule has 5 aromatic carbocycles. The van der Waals surface area contributed by atoms with E-state index in [0.29, 0.717) is 67.4 Å². The number of nitrogens with one attached hydrogen (secondary N) is 2. The van der Waals surface area contributed by atoms with E-state index in [-0.39, 0.29) is 22.7 Å². The lowest BCUT2D eigenvalue weighted by Gasteiger charge is -2.25. The summed E-state index contributed by atoms with van der Waals surface area (Å²) in [4.78, 5) is 35.1. The zero-order valence-corrected chi connectivity index (χ0v) is 29.0. The van der Waals surface area contributed by atoms with Gasteiger partial charge in [-0.05, 0) is 53.8 Å². The lowest BCUT2D eigenvalue weighted by Crippen LogP contribution is -2.15. The summed E-state index contributed by atoms with van der Waals surface area (Å²) in [7, 11) is -3.65. The molecule has 1 aliphatic rings. The van der Waals surface area contributed by atoms with Crippen molar-refractivity contribution in [1.29, 1.82) is 0 Å². The van der Waals surface area contributed by atoms with Crippen LogP contribution >= 0.6 is 0 Å². The van der Waals surface area contributed by atoms with Crippen molar-refractivity contribution in [2.45, 2.75) is 32.6 Å². The molecule has 0 amide bonds. The van der Waals surface area contributed by atoms with E-state index in [0.717, 1.165) is 18.2 Å². The zero-order valence-electron chi connectivity index (χ0n) is 28.2. The number of ketones is 1. The Morgan fingerprint density at radius 2 is 1.49 bits per heavy atom. The molecule has 0 spiro atoms. The number of anilines is 3. The molecule has 0 saturated carbocycles. The van der Waals surface area contributed by atoms with Gasteiger partial charge in [0.05, 0.1) is 33.8 Å². The molecule has 6 aromatic rings. The number of para-hydroxylation sites is 1. The van der Waals surface area contributed by atoms with Gasteiger partial charge in [-0.2, -0.15) is 0 Å². The number of nitro groups is 1. The van der Waals surface area contributed by atoms with Crippen LogP contribution in [0, 0.1) is 10.1 Å². The molecule has 11 nitrogen and oxygen atoms in total. The third-order valence-corrected chi connectivity index (χ3v) is 9.75. The zero-order chi connectivity index (χ0) is 36.1. The van der Waals surface area contributed by atoms with Crippen LogP contribution in [0.4, 0.5) is 22.7 Å². The van der Waals surface area contributed by atoms with Crippen LogP contribution < -0.4 is 14.8 Å². The van der Waals surface area contributed by atoms with Crippen molar-refractivity contribution in [3.8, 4) is 34.1 Å². The fraction of sp³-hybridized carbons (Fsp3) is 0.154. The molecular weight excluding hydrogens is 667 g/mol. The predicted octanol–water partition coefficient (Wildman–Crippen LogP) is 9.01. The fourth-order valence-corrected chi connectivity index (χ4v) is 6.70. The number of nitro benzene ring substituents is 1. The smallest absolute Gasteiger partial charge is 0.269 e. The predicted molar refractivity (Wildman–Crippen MR) is 199 cm³/mol. The van der Waals surface area contributed by atoms with Gasteiger partial charge in [0.1, 0.15) is 11.3 Å². The molecule has 0 aliphatic heterocycles. The highest BCUT2D eigenvalue weighted by atomic mass is 32.2. The van der Waals surface area contributed by atoms with E-state index in [1.54, 1.807) is 54.6 Å². The van der Waals surface area contributed by atoms with E-state index in [4.69, 9.17) is 14.7 Å². The van der Waals surface area contributed by atoms with Gasteiger partial charge in [-0.15, -0.1) is 0 Å². The Bertz CT molecular complexity index is 2480. The molecule has 256 valence electrons. The maximum Gasteiger partial charge on any atom is 0.269 e. The first-order chi connectivity index (χ1) is 24.3. The number of hydrogen-bond acceptors (Lipinski definition) is 9. The van der Waals surface area contributed by atoms with Crippen LogP contribution in [0.25, 0.3) is 33.5 Å². The Labute approximate surface area is 294 Å². The number of carbonyl (C=O) groups is 1. The fourth-order valence-electron chi connectivity index (χ4n) is 6.13. The highest BCUT2D eigenvalue weighted by Crippen LogP contribution is 2.47. The van der Waals surface area contributed by atoms with Gasteiger partial charge in [-0.25, -0.2) is 18.4 Å². The van der Waals surface area contributed by atoms with Crippen molar-refractivity contribution in [2.24, 2.45) is 0 Å². The van der Waals surface area contributed by atoms with Gasteiger partial charge in [-0.1, -0.05) is 69.3 Å². The number of hydrogen-bond donors (Lipinski definition) is 2. The van der Waals surface area contributed by atoms with E-state index in [9.17, 15) is 23.3 Å². The SMILES string of the molecule is CCC(C)(C)c1ccc(Oc2cc(Nc3ccc([N+](=O)[O-])cc3)c3c4c(nc(-c5ccccc5NS(C)(=O)=O)nc24)-c2ccccc2C3=O)cc1. The van der Waals surface area contributed by atoms with Crippen LogP contribution in [0.1, 0.15) is 48.7 Å². The summed E-state index contributed by atoms with van der Waals surface area (Å²) in [6, 6.07) is 29.4. The average Bonchev–Trinajstić information content (AvgIpc) is 3.11. The largest absolute Gasteiger partial charge is 0.455 e. The van der Waals surface area contributed by atoms with Gasteiger partial charge in [0.2, 0.25) is 10.0 Å². The summed E-state index contributed by atoms with van der Waals surface area (Å²) in [5.41, 5.74) is 4.79. The molecule has 12 heteroatoms. The van der Waals surface area contributed by atoms with Gasteiger partial charge in [-0.3, -0.25) is 19.6 Å². The van der Waals surface area contributed by atoms with Gasteiger partial charge >= 0.3 is 0 Å². The maximum absolute atomic E-state index is 14.3. The van der Waals surface area contributed by atoms with Crippen molar-refractivity contribution in [2.75, 3.05) is 16.3 Å². The highest BCUT2D eigenvalue weighted by Gasteiger charge is 2.32. The van der Waals surface area contributed by atoms with Crippen molar-refractivity contribution in [3.05, 3.63) is 130 Å². The number of aromatic nitrogens is 2. The number of fused-ring (bicyclic) bond motifs is 2. The van der Waals surface area contributed by atoms with Crippen LogP contribution in [0.2, 0.25) is 0 Å². The second kappa shape index (κ2) is 12.6. The Kier molecular flexibility index (Phi) is 8.26. The second-order valence-electron chi connectivity index (χ2n) is 13.0. The maximum atomic E-state index is 14.3. The standard InChI is InChI=1S/C39H33N5O6S/c1-5-39(2,3)23-14-20-26(21-15-23)50-32-22-31(40-24-16-18-25(19-17-24)44(46)47)33-34-35(27-10-6-7-11-28(27)37(33)45)41-38(42-36(32)34)29-12-8-9-13-30(29)43-51(4,48)49/h6-22,40,43H,5H2,1-4H3. The summed E-state index contributed by atoms with van der Waals surface area (Å²) in [6.07, 6.45) is 2.02. The number of rotatable bonds is 10. The number of nitrogens with zero attached hydrogens (tertiary/aromatic N) is 3. The Balaban J connectivity index is 1.50. The van der Waals surface area contributed by atoms with Gasteiger partial charge in [0, 0.05) is 46.0 Å². The van der Waals surface area contributed by atoms with Crippen LogP contribution in [0.15, 0.2) is 103 Å². The van der Waals surface area contributed by atoms with Crippen LogP contribution in [-0.4, -0.2) is 35.3 Å². The lowest BCUT2D eigenvalue weighted by atomic mass is 9.82. The summed E-state index contributed by atoms with van der Waals surface area (Å²) >= 11 is 0. The molecule has 7 rings (SSSR count). The molecule has 1 heterocycles. The average molecular weight is 700 g/mol. The summed E-state index contributed by atoms with van der Waals surface area (Å²) < 4.78 is 33.8. The summed E-state index contributed by atoms with van der Waals surface area (Å²) in [5, 5.41) is 15.1. The van der Waals surface area contributed by atoms with E-state index < -0.39 is 14.9 Å². The number of benzene rings is 5. The Morgan fingerprint density at radius 3 is 2.14 bits per heavy atom. The third-order valence-electron chi connectivity index (χ3n) is 9.16. The Hall–Kier alpha value is -6.14. The first-order valence-corrected chi connectivity index (χ1v) is 18.1. The number of non-ortho nitro benzene ring substituents is 1. The van der Waals surface area contributed by atoms with Gasteiger partial charge in [0.25, 0.3) is 5.69 Å². The third kappa shape index (κ3) is 6.37. The molecule has 0 saturated heterocycles. The quantitative estimate of drug-likeness (QED) is 0.105. The van der Waals surface area contributed by atoms with Crippen molar-refractivity contribution in [3.63, 3.8) is 0 Å². The molecule has 0 bridgehead atoms. The number of carbonyl (C=O) groups excluding carboxylic acids is 1. The minimum absolute atomic E-state index is 0.0378. The van der Waals surface area contributed by atoms with Crippen molar-refractivity contribution < 1.29 is 22.9 Å². The summed E-state index contributed by atoms with van der Waals surface area (Å²) in [6.45, 7) is 6.49. The molecule has 51 heavy (non-hydrogen) atoms. The minimum Gasteiger partial charge on any atom is -0.455 e. The normalized spacial score (nSPS) is 12.4. The monoisotopic (exact) mass is 699 g/mol. The molecule has 2 N–H and O–H groups in total. The second-order valence-corrected chi connectivity index (χ2v) is 14.8. The van der Waals surface area contributed by atoms with Crippen molar-refractivity contribution in [1.82, 2.24) is 9.97 Å². The molecule has 0 atom stereocenters. The van der Waals surface area contributed by atoms with E-state index >= 15 is 0 Å². The summed E-state index contributed by atoms with van der Waals surface area (Å²) in [5.74, 6) is 0.804. The molecule has 0 fully saturated rings. The van der Waals surface area contributed by atoms with E-state index in [2.05, 4.69) is 30.8 Å². The minimum atomic E-state index is -3.65. The molecular formula is C39H33N5O6S. The molecule has 1 aromatic heterocycles. The first-order valence-electron chi connectivity index (χ1n) is 16.2. The van der Waals surface area contributed by atoms with Crippen molar-refractivity contribution >= 4 is 49.5 Å². The lowest BCUT2D eigenvalue weighted by molar-refractivity contribution is -0.384. The molecule has 0 unspecified atom stereocenters. The highest BCUT2D eigenvalue weighted by molar-refractivity contribution is 7.92. The van der Waals surface area contributed by atoms with Crippen LogP contribution in [-0.2, 0) is 15.4 Å². The molecule has 1 aliphatic carbocycles. The van der Waals surface area contributed by atoms with Crippen LogP contribution in [0.5, 0.6) is 11.5 Å². The van der Waals surface area contributed by atoms with Gasteiger partial charge in [0.15, 0.2) is 17.4 Å². The first kappa shape index (κ1) is 33.4.